The van der Waals surface area contributed by atoms with Crippen LogP contribution in [0.15, 0.2) is 18.2 Å². The number of piperidine rings is 1. The van der Waals surface area contributed by atoms with Gasteiger partial charge in [-0.1, -0.05) is 18.2 Å². The number of aryl methyl sites for hydroxylation is 1. The summed E-state index contributed by atoms with van der Waals surface area (Å²) >= 11 is 0. The minimum absolute atomic E-state index is 0.191. The largest absolute Gasteiger partial charge is 0.481 e. The molecule has 0 spiro atoms. The van der Waals surface area contributed by atoms with E-state index in [2.05, 4.69) is 36.9 Å². The van der Waals surface area contributed by atoms with Crippen LogP contribution < -0.4 is 0 Å². The number of rotatable bonds is 3. The molecule has 2 rings (SSSR count). The highest BCUT2D eigenvalue weighted by molar-refractivity contribution is 5.70. The van der Waals surface area contributed by atoms with Crippen molar-refractivity contribution in [2.75, 3.05) is 13.1 Å². The Morgan fingerprint density at radius 2 is 2.22 bits per heavy atom. The fraction of sp³-hybridized carbons (Fsp3) is 0.533. The van der Waals surface area contributed by atoms with Crippen molar-refractivity contribution < 1.29 is 9.90 Å². The van der Waals surface area contributed by atoms with Crippen LogP contribution >= 0.6 is 0 Å². The maximum Gasteiger partial charge on any atom is 0.307 e. The van der Waals surface area contributed by atoms with Crippen molar-refractivity contribution in [1.29, 1.82) is 0 Å². The maximum absolute atomic E-state index is 11.0. The van der Waals surface area contributed by atoms with Crippen LogP contribution in [0.5, 0.6) is 0 Å². The Hall–Kier alpha value is -1.35. The predicted octanol–water partition coefficient (Wildman–Crippen LogP) is 2.60. The molecule has 1 atom stereocenters. The van der Waals surface area contributed by atoms with E-state index in [1.807, 2.05) is 0 Å². The first-order valence-corrected chi connectivity index (χ1v) is 6.58. The molecule has 1 fully saturated rings. The van der Waals surface area contributed by atoms with Gasteiger partial charge in [-0.15, -0.1) is 0 Å². The number of carboxylic acid groups (broad SMARTS) is 1. The number of benzene rings is 1. The molecule has 1 saturated heterocycles. The van der Waals surface area contributed by atoms with Crippen molar-refractivity contribution in [1.82, 2.24) is 4.90 Å². The summed E-state index contributed by atoms with van der Waals surface area (Å²) in [4.78, 5) is 13.3. The molecule has 1 heterocycles. The third-order valence-electron chi connectivity index (χ3n) is 3.97. The van der Waals surface area contributed by atoms with Crippen LogP contribution in [0.4, 0.5) is 0 Å². The van der Waals surface area contributed by atoms with Crippen molar-refractivity contribution in [2.24, 2.45) is 5.92 Å². The molecule has 0 saturated carbocycles. The second-order valence-corrected chi connectivity index (χ2v) is 5.27. The van der Waals surface area contributed by atoms with Crippen LogP contribution in [-0.4, -0.2) is 29.1 Å². The van der Waals surface area contributed by atoms with Crippen molar-refractivity contribution in [3.8, 4) is 0 Å². The van der Waals surface area contributed by atoms with E-state index in [4.69, 9.17) is 5.11 Å². The first-order valence-electron chi connectivity index (χ1n) is 6.58. The molecule has 1 aliphatic rings. The minimum Gasteiger partial charge on any atom is -0.481 e. The smallest absolute Gasteiger partial charge is 0.307 e. The topological polar surface area (TPSA) is 40.5 Å². The van der Waals surface area contributed by atoms with Crippen LogP contribution in [-0.2, 0) is 11.3 Å². The summed E-state index contributed by atoms with van der Waals surface area (Å²) in [6.45, 7) is 6.83. The maximum atomic E-state index is 11.0. The summed E-state index contributed by atoms with van der Waals surface area (Å²) < 4.78 is 0. The van der Waals surface area contributed by atoms with Crippen molar-refractivity contribution >= 4 is 5.97 Å². The minimum atomic E-state index is -0.652. The third-order valence-corrected chi connectivity index (χ3v) is 3.97. The molecule has 0 aromatic heterocycles. The molecular formula is C15H21NO2. The molecule has 18 heavy (non-hydrogen) atoms. The van der Waals surface area contributed by atoms with Gasteiger partial charge < -0.3 is 5.11 Å². The molecule has 1 aromatic rings. The van der Waals surface area contributed by atoms with Gasteiger partial charge in [-0.3, -0.25) is 9.69 Å². The summed E-state index contributed by atoms with van der Waals surface area (Å²) in [6, 6.07) is 6.35. The molecule has 1 aromatic carbocycles. The molecule has 0 amide bonds. The highest BCUT2D eigenvalue weighted by Gasteiger charge is 2.25. The number of aliphatic carboxylic acids is 1. The normalized spacial score (nSPS) is 20.9. The van der Waals surface area contributed by atoms with E-state index in [1.54, 1.807) is 0 Å². The number of hydrogen-bond acceptors (Lipinski definition) is 2. The molecule has 0 radical (unpaired) electrons. The van der Waals surface area contributed by atoms with E-state index >= 15 is 0 Å². The Kier molecular flexibility index (Phi) is 4.02. The van der Waals surface area contributed by atoms with E-state index in [-0.39, 0.29) is 5.92 Å². The van der Waals surface area contributed by atoms with Crippen LogP contribution in [0.25, 0.3) is 0 Å². The zero-order chi connectivity index (χ0) is 13.1. The van der Waals surface area contributed by atoms with E-state index in [0.29, 0.717) is 6.54 Å². The molecule has 98 valence electrons. The predicted molar refractivity (Wildman–Crippen MR) is 71.6 cm³/mol. The van der Waals surface area contributed by atoms with Gasteiger partial charge in [-0.25, -0.2) is 0 Å². The van der Waals surface area contributed by atoms with Gasteiger partial charge in [-0.05, 0) is 49.9 Å². The lowest BCUT2D eigenvalue weighted by Gasteiger charge is -2.31. The Balaban J connectivity index is 2.05. The summed E-state index contributed by atoms with van der Waals surface area (Å²) in [6.07, 6.45) is 1.81. The third kappa shape index (κ3) is 2.91. The van der Waals surface area contributed by atoms with E-state index in [1.165, 1.54) is 16.7 Å². The first-order chi connectivity index (χ1) is 8.58. The average molecular weight is 247 g/mol. The molecule has 0 bridgehead atoms. The number of carbonyl (C=O) groups is 1. The lowest BCUT2D eigenvalue weighted by molar-refractivity contribution is -0.143. The quantitative estimate of drug-likeness (QED) is 0.892. The molecule has 0 aliphatic carbocycles. The molecule has 3 heteroatoms. The van der Waals surface area contributed by atoms with Crippen molar-refractivity contribution in [3.63, 3.8) is 0 Å². The fourth-order valence-electron chi connectivity index (χ4n) is 2.62. The van der Waals surface area contributed by atoms with Crippen LogP contribution in [0, 0.1) is 19.8 Å². The summed E-state index contributed by atoms with van der Waals surface area (Å²) in [5.41, 5.74) is 3.95. The summed E-state index contributed by atoms with van der Waals surface area (Å²) in [7, 11) is 0. The first kappa shape index (κ1) is 13.1. The summed E-state index contributed by atoms with van der Waals surface area (Å²) in [5.74, 6) is -0.843. The van der Waals surface area contributed by atoms with Gasteiger partial charge in [0, 0.05) is 13.1 Å². The van der Waals surface area contributed by atoms with E-state index < -0.39 is 5.97 Å². The van der Waals surface area contributed by atoms with Gasteiger partial charge in [0.1, 0.15) is 0 Å². The number of carboxylic acids is 1. The van der Waals surface area contributed by atoms with Crippen molar-refractivity contribution in [2.45, 2.75) is 33.2 Å². The Morgan fingerprint density at radius 3 is 2.94 bits per heavy atom. The zero-order valence-electron chi connectivity index (χ0n) is 11.1. The molecule has 0 unspecified atom stereocenters. The summed E-state index contributed by atoms with van der Waals surface area (Å²) in [5, 5.41) is 9.09. The molecular weight excluding hydrogens is 226 g/mol. The van der Waals surface area contributed by atoms with Crippen molar-refractivity contribution in [3.05, 3.63) is 34.9 Å². The van der Waals surface area contributed by atoms with Gasteiger partial charge in [0.15, 0.2) is 0 Å². The molecule has 3 nitrogen and oxygen atoms in total. The monoisotopic (exact) mass is 247 g/mol. The number of hydrogen-bond donors (Lipinski definition) is 1. The fourth-order valence-corrected chi connectivity index (χ4v) is 2.62. The lowest BCUT2D eigenvalue weighted by atomic mass is 9.96. The second kappa shape index (κ2) is 5.53. The van der Waals surface area contributed by atoms with Crippen LogP contribution in [0.3, 0.4) is 0 Å². The highest BCUT2D eigenvalue weighted by atomic mass is 16.4. The van der Waals surface area contributed by atoms with Gasteiger partial charge >= 0.3 is 5.97 Å². The Labute approximate surface area is 108 Å². The second-order valence-electron chi connectivity index (χ2n) is 5.27. The number of likely N-dealkylation sites (tertiary alicyclic amines) is 1. The van der Waals surface area contributed by atoms with E-state index in [0.717, 1.165) is 25.9 Å². The SMILES string of the molecule is Cc1cccc(CN2CCC[C@H](C(=O)O)C2)c1C. The van der Waals surface area contributed by atoms with Crippen LogP contribution in [0.2, 0.25) is 0 Å². The van der Waals surface area contributed by atoms with Gasteiger partial charge in [-0.2, -0.15) is 0 Å². The molecule has 1 aliphatic heterocycles. The Bertz CT molecular complexity index is 442. The highest BCUT2D eigenvalue weighted by Crippen LogP contribution is 2.21. The average Bonchev–Trinajstić information content (AvgIpc) is 2.35. The lowest BCUT2D eigenvalue weighted by Crippen LogP contribution is -2.38. The van der Waals surface area contributed by atoms with Gasteiger partial charge in [0.2, 0.25) is 0 Å². The standard InChI is InChI=1S/C15H21NO2/c1-11-5-3-6-13(12(11)2)9-16-8-4-7-14(10-16)15(17)18/h3,5-6,14H,4,7-10H2,1-2H3,(H,17,18)/t14-/m0/s1. The van der Waals surface area contributed by atoms with Crippen LogP contribution in [0.1, 0.15) is 29.5 Å². The van der Waals surface area contributed by atoms with E-state index in [9.17, 15) is 4.79 Å². The van der Waals surface area contributed by atoms with Gasteiger partial charge in [0.25, 0.3) is 0 Å². The Morgan fingerprint density at radius 1 is 1.44 bits per heavy atom. The zero-order valence-corrected chi connectivity index (χ0v) is 11.1. The van der Waals surface area contributed by atoms with Gasteiger partial charge in [0.05, 0.1) is 5.92 Å². The number of nitrogens with zero attached hydrogens (tertiary/aromatic N) is 1. The molecule has 1 N–H and O–H groups in total.